The number of alkyl halides is 4. The maximum atomic E-state index is 16.5. The molecular weight excluding hydrogens is 837 g/mol. The first-order valence-electron chi connectivity index (χ1n) is 21.8. The molecule has 342 valence electrons. The second-order valence-electron chi connectivity index (χ2n) is 19.3. The van der Waals surface area contributed by atoms with E-state index in [9.17, 15) is 36.4 Å². The summed E-state index contributed by atoms with van der Waals surface area (Å²) >= 11 is 0. The van der Waals surface area contributed by atoms with Crippen LogP contribution < -0.4 is 20.1 Å². The van der Waals surface area contributed by atoms with E-state index in [1.807, 2.05) is 11.6 Å². The summed E-state index contributed by atoms with van der Waals surface area (Å²) in [4.78, 5) is 66.9. The Labute approximate surface area is 359 Å². The van der Waals surface area contributed by atoms with Gasteiger partial charge in [0.2, 0.25) is 34.1 Å². The zero-order valence-electron chi connectivity index (χ0n) is 36.1. The second-order valence-corrected chi connectivity index (χ2v) is 21.5. The molecule has 2 bridgehead atoms. The van der Waals surface area contributed by atoms with Crippen LogP contribution in [0.15, 0.2) is 18.2 Å². The Morgan fingerprint density at radius 2 is 1.74 bits per heavy atom. The Morgan fingerprint density at radius 3 is 2.37 bits per heavy atom. The Balaban J connectivity index is 1.30. The minimum Gasteiger partial charge on any atom is -0.471 e. The van der Waals surface area contributed by atoms with Gasteiger partial charge in [0, 0.05) is 12.3 Å². The fourth-order valence-electron chi connectivity index (χ4n) is 8.99. The summed E-state index contributed by atoms with van der Waals surface area (Å²) in [5, 5.41) is 5.11. The van der Waals surface area contributed by atoms with Crippen molar-refractivity contribution in [3.8, 4) is 5.88 Å². The maximum Gasteiger partial charge on any atom is 0.408 e. The van der Waals surface area contributed by atoms with E-state index >= 15 is 8.78 Å². The number of alkyl carbamates (subject to hydrolysis) is 1. The van der Waals surface area contributed by atoms with Crippen LogP contribution in [-0.2, 0) is 41.5 Å². The van der Waals surface area contributed by atoms with Gasteiger partial charge in [-0.3, -0.25) is 19.1 Å². The molecule has 3 N–H and O–H groups in total. The van der Waals surface area contributed by atoms with E-state index < -0.39 is 129 Å². The number of hydrogen-bond donors (Lipinski definition) is 3. The molecule has 1 saturated heterocycles. The number of ether oxygens (including phenoxy) is 2. The lowest BCUT2D eigenvalue weighted by molar-refractivity contribution is -0.144. The SMILES string of the molecule is CCCc1ccc2nc3c(nc2c1)OC1CN(C(=O)C(C(C)(C)C)NC(=O)OC2CC2CCCCCC3(F)F)C(C(=O)NC2(C(=O)NS(=O)(=O)C3(C)CC3)CC2C(F)F)C1CC. The lowest BCUT2D eigenvalue weighted by Gasteiger charge is -2.36. The number of aromatic nitrogens is 2. The van der Waals surface area contributed by atoms with E-state index in [-0.39, 0.29) is 37.1 Å². The van der Waals surface area contributed by atoms with Gasteiger partial charge >= 0.3 is 6.09 Å². The van der Waals surface area contributed by atoms with E-state index in [2.05, 4.69) is 20.6 Å². The number of nitrogens with zero attached hydrogens (tertiary/aromatic N) is 3. The zero-order chi connectivity index (χ0) is 45.2. The minimum atomic E-state index is -4.31. The van der Waals surface area contributed by atoms with Crippen LogP contribution in [0, 0.1) is 23.2 Å². The molecule has 4 amide bonds. The first-order valence-corrected chi connectivity index (χ1v) is 23.3. The molecule has 2 aliphatic heterocycles. The van der Waals surface area contributed by atoms with Gasteiger partial charge in [0.25, 0.3) is 11.8 Å². The topological polar surface area (TPSA) is 186 Å². The summed E-state index contributed by atoms with van der Waals surface area (Å²) in [5.41, 5.74) is -2.64. The van der Waals surface area contributed by atoms with E-state index in [1.54, 1.807) is 45.9 Å². The van der Waals surface area contributed by atoms with E-state index in [1.165, 1.54) is 6.92 Å². The summed E-state index contributed by atoms with van der Waals surface area (Å²) in [6.07, 6.45) is -2.23. The predicted molar refractivity (Wildman–Crippen MR) is 219 cm³/mol. The number of rotatable bonds is 9. The molecule has 1 aromatic heterocycles. The molecule has 3 heterocycles. The number of fused-ring (bicyclic) bond motifs is 5. The number of hydrogen-bond acceptors (Lipinski definition) is 10. The van der Waals surface area contributed by atoms with Crippen molar-refractivity contribution in [1.29, 1.82) is 0 Å². The monoisotopic (exact) mass is 894 g/mol. The quantitative estimate of drug-likeness (QED) is 0.242. The molecule has 19 heteroatoms. The van der Waals surface area contributed by atoms with Gasteiger partial charge < -0.3 is 25.0 Å². The molecule has 4 fully saturated rings. The van der Waals surface area contributed by atoms with Gasteiger partial charge in [0.1, 0.15) is 29.8 Å². The molecule has 7 rings (SSSR count). The molecule has 5 aliphatic rings. The van der Waals surface area contributed by atoms with Crippen LogP contribution in [0.5, 0.6) is 5.88 Å². The first-order chi connectivity index (χ1) is 29.0. The van der Waals surface area contributed by atoms with Gasteiger partial charge in [-0.2, -0.15) is 8.78 Å². The van der Waals surface area contributed by atoms with Gasteiger partial charge in [-0.15, -0.1) is 0 Å². The van der Waals surface area contributed by atoms with Crippen molar-refractivity contribution in [2.24, 2.45) is 23.2 Å². The largest absolute Gasteiger partial charge is 0.471 e. The van der Waals surface area contributed by atoms with Crippen LogP contribution in [0.2, 0.25) is 0 Å². The predicted octanol–water partition coefficient (Wildman–Crippen LogP) is 6.29. The third kappa shape index (κ3) is 9.05. The number of sulfonamides is 1. The van der Waals surface area contributed by atoms with E-state index in [0.29, 0.717) is 37.6 Å². The van der Waals surface area contributed by atoms with E-state index in [0.717, 1.165) is 16.9 Å². The van der Waals surface area contributed by atoms with Crippen LogP contribution in [-0.4, -0.2) is 94.6 Å². The molecule has 3 aliphatic carbocycles. The van der Waals surface area contributed by atoms with Crippen LogP contribution >= 0.6 is 0 Å². The Kier molecular flexibility index (Phi) is 12.3. The number of amides is 4. The molecule has 0 spiro atoms. The van der Waals surface area contributed by atoms with Gasteiger partial charge in [0.15, 0.2) is 5.69 Å². The average molecular weight is 895 g/mol. The van der Waals surface area contributed by atoms with Crippen LogP contribution in [0.1, 0.15) is 123 Å². The molecule has 8 atom stereocenters. The number of nitrogens with one attached hydrogen (secondary N) is 3. The van der Waals surface area contributed by atoms with Crippen molar-refractivity contribution in [2.45, 2.75) is 166 Å². The molecular formula is C43H58F4N6O8S. The third-order valence-electron chi connectivity index (χ3n) is 13.4. The van der Waals surface area contributed by atoms with E-state index in [4.69, 9.17) is 9.47 Å². The first kappa shape index (κ1) is 45.7. The molecule has 0 radical (unpaired) electrons. The van der Waals surface area contributed by atoms with Crippen LogP contribution in [0.25, 0.3) is 11.0 Å². The number of benzene rings is 1. The van der Waals surface area contributed by atoms with Crippen LogP contribution in [0.4, 0.5) is 22.4 Å². The Morgan fingerprint density at radius 1 is 1.02 bits per heavy atom. The van der Waals surface area contributed by atoms with Crippen molar-refractivity contribution in [1.82, 2.24) is 30.2 Å². The smallest absolute Gasteiger partial charge is 0.408 e. The van der Waals surface area contributed by atoms with Gasteiger partial charge in [-0.25, -0.2) is 32.0 Å². The Bertz CT molecular complexity index is 2200. The molecule has 3 saturated carbocycles. The highest BCUT2D eigenvalue weighted by Crippen LogP contribution is 2.50. The highest BCUT2D eigenvalue weighted by molar-refractivity contribution is 7.91. The lowest BCUT2D eigenvalue weighted by Crippen LogP contribution is -2.61. The lowest BCUT2D eigenvalue weighted by atomic mass is 9.85. The molecule has 14 nitrogen and oxygen atoms in total. The summed E-state index contributed by atoms with van der Waals surface area (Å²) in [6, 6.07) is 2.28. The van der Waals surface area contributed by atoms with Gasteiger partial charge in [-0.1, -0.05) is 59.9 Å². The maximum absolute atomic E-state index is 16.5. The summed E-state index contributed by atoms with van der Waals surface area (Å²) < 4.78 is 101. The number of carbonyl (C=O) groups excluding carboxylic acids is 4. The number of aryl methyl sites for hydroxylation is 1. The van der Waals surface area contributed by atoms with Crippen molar-refractivity contribution in [3.05, 3.63) is 29.5 Å². The molecule has 8 unspecified atom stereocenters. The fourth-order valence-corrected chi connectivity index (χ4v) is 10.3. The van der Waals surface area contributed by atoms with Crippen molar-refractivity contribution in [2.75, 3.05) is 6.54 Å². The number of carbonyl (C=O) groups is 4. The zero-order valence-corrected chi connectivity index (χ0v) is 36.9. The summed E-state index contributed by atoms with van der Waals surface area (Å²) in [7, 11) is -4.31. The second kappa shape index (κ2) is 16.7. The van der Waals surface area contributed by atoms with Crippen LogP contribution in [0.3, 0.4) is 0 Å². The number of halogens is 4. The third-order valence-corrected chi connectivity index (χ3v) is 15.6. The average Bonchev–Trinajstić information content (AvgIpc) is 4.14. The van der Waals surface area contributed by atoms with Crippen molar-refractivity contribution in [3.63, 3.8) is 0 Å². The van der Waals surface area contributed by atoms with Crippen molar-refractivity contribution >= 4 is 44.9 Å². The van der Waals surface area contributed by atoms with Crippen molar-refractivity contribution < 1.29 is 54.6 Å². The normalized spacial score (nSPS) is 31.0. The highest BCUT2D eigenvalue weighted by atomic mass is 32.2. The summed E-state index contributed by atoms with van der Waals surface area (Å²) in [5.74, 6) is -9.93. The summed E-state index contributed by atoms with van der Waals surface area (Å²) in [6.45, 7) is 9.73. The van der Waals surface area contributed by atoms with Gasteiger partial charge in [-0.05, 0) is 87.3 Å². The fraction of sp³-hybridized carbons (Fsp3) is 0.721. The van der Waals surface area contributed by atoms with Gasteiger partial charge in [0.05, 0.1) is 28.2 Å². The minimum absolute atomic E-state index is 0.0277. The molecule has 2 aromatic rings. The standard InChI is InChI=1S/C43H58F4N6O8S/c1-7-12-23-14-15-27-28(19-23)49-36-32(48-27)43(46,47)16-11-9-10-13-24-20-29(24)61-39(57)50-33(40(3,4)5)37(55)53-22-30(60-36)25(8-2)31(53)35(54)51-42(21-26(42)34(44)45)38(56)52-62(58,59)41(6)17-18-41/h14-15,19,24-26,29-31,33-34H,7-13,16-18,20-22H2,1-6H3,(H,50,57)(H,51,54)(H,52,56). The molecule has 1 aromatic carbocycles. The highest BCUT2D eigenvalue weighted by Gasteiger charge is 2.68. The Hall–Kier alpha value is -4.29. The molecule has 62 heavy (non-hydrogen) atoms.